The van der Waals surface area contributed by atoms with E-state index >= 15 is 0 Å². The molecule has 3 heteroatoms. The van der Waals surface area contributed by atoms with Gasteiger partial charge in [-0.25, -0.2) is 4.79 Å². The molecule has 0 saturated carbocycles. The number of hydrogen-bond acceptors (Lipinski definition) is 2. The van der Waals surface area contributed by atoms with Crippen LogP contribution < -0.4 is 0 Å². The molecule has 0 amide bonds. The van der Waals surface area contributed by atoms with Crippen molar-refractivity contribution in [1.82, 2.24) is 0 Å². The van der Waals surface area contributed by atoms with Crippen LogP contribution in [0.2, 0.25) is 0 Å². The van der Waals surface area contributed by atoms with E-state index in [2.05, 4.69) is 0 Å². The summed E-state index contributed by atoms with van der Waals surface area (Å²) in [6, 6.07) is 9.51. The van der Waals surface area contributed by atoms with Gasteiger partial charge in [-0.2, -0.15) is 0 Å². The van der Waals surface area contributed by atoms with Crippen LogP contribution in [0.3, 0.4) is 0 Å². The third-order valence-corrected chi connectivity index (χ3v) is 2.43. The Morgan fingerprint density at radius 2 is 1.93 bits per heavy atom. The van der Waals surface area contributed by atoms with Crippen molar-refractivity contribution in [2.75, 3.05) is 6.61 Å². The lowest BCUT2D eigenvalue weighted by Crippen LogP contribution is -2.05. The highest BCUT2D eigenvalue weighted by Gasteiger charge is 2.11. The second-order valence-corrected chi connectivity index (χ2v) is 3.40. The van der Waals surface area contributed by atoms with Gasteiger partial charge in [0.15, 0.2) is 0 Å². The molecule has 0 aliphatic rings. The first-order valence-electron chi connectivity index (χ1n) is 4.75. The Bertz CT molecular complexity index is 368. The van der Waals surface area contributed by atoms with Crippen LogP contribution in [0.4, 0.5) is 0 Å². The number of ether oxygens (including phenoxy) is 1. The summed E-state index contributed by atoms with van der Waals surface area (Å²) in [5.74, 6) is -0.472. The van der Waals surface area contributed by atoms with Crippen LogP contribution in [0.5, 0.6) is 0 Å². The molecule has 0 aliphatic heterocycles. The van der Waals surface area contributed by atoms with Crippen molar-refractivity contribution >= 4 is 23.1 Å². The number of carbonyl (C=O) groups excluding carboxylic acids is 1. The molecule has 0 atom stereocenters. The SMILES string of the molecule is CCOC(=O)/C(Cl)=C(\C)c1ccccc1. The van der Waals surface area contributed by atoms with Gasteiger partial charge in [-0.3, -0.25) is 0 Å². The molecule has 0 aliphatic carbocycles. The van der Waals surface area contributed by atoms with E-state index in [4.69, 9.17) is 16.3 Å². The quantitative estimate of drug-likeness (QED) is 0.582. The minimum Gasteiger partial charge on any atom is -0.462 e. The molecule has 0 unspecified atom stereocenters. The Balaban J connectivity index is 2.95. The Morgan fingerprint density at radius 3 is 2.47 bits per heavy atom. The van der Waals surface area contributed by atoms with E-state index < -0.39 is 5.97 Å². The van der Waals surface area contributed by atoms with Crippen molar-refractivity contribution in [2.45, 2.75) is 13.8 Å². The number of allylic oxidation sites excluding steroid dienone is 1. The van der Waals surface area contributed by atoms with E-state index in [9.17, 15) is 4.79 Å². The molecule has 1 aromatic rings. The zero-order valence-electron chi connectivity index (χ0n) is 8.79. The maximum Gasteiger partial charge on any atom is 0.350 e. The topological polar surface area (TPSA) is 26.3 Å². The number of halogens is 1. The zero-order valence-corrected chi connectivity index (χ0v) is 9.54. The minimum atomic E-state index is -0.472. The summed E-state index contributed by atoms with van der Waals surface area (Å²) >= 11 is 5.90. The van der Waals surface area contributed by atoms with Crippen LogP contribution in [0, 0.1) is 0 Å². The smallest absolute Gasteiger partial charge is 0.350 e. The Kier molecular flexibility index (Phi) is 4.37. The first kappa shape index (κ1) is 11.8. The van der Waals surface area contributed by atoms with Crippen LogP contribution in [-0.4, -0.2) is 12.6 Å². The summed E-state index contributed by atoms with van der Waals surface area (Å²) < 4.78 is 4.82. The molecule has 1 rings (SSSR count). The van der Waals surface area contributed by atoms with Gasteiger partial charge in [-0.15, -0.1) is 0 Å². The average molecular weight is 225 g/mol. The predicted molar refractivity (Wildman–Crippen MR) is 61.5 cm³/mol. The molecule has 0 bridgehead atoms. The maximum absolute atomic E-state index is 11.3. The van der Waals surface area contributed by atoms with E-state index in [0.717, 1.165) is 11.1 Å². The first-order chi connectivity index (χ1) is 7.16. The van der Waals surface area contributed by atoms with Gasteiger partial charge in [-0.1, -0.05) is 41.9 Å². The summed E-state index contributed by atoms with van der Waals surface area (Å²) in [5, 5.41) is 0.142. The number of esters is 1. The minimum absolute atomic E-state index is 0.142. The molecule has 80 valence electrons. The lowest BCUT2D eigenvalue weighted by atomic mass is 10.1. The van der Waals surface area contributed by atoms with Gasteiger partial charge in [0.05, 0.1) is 6.61 Å². The third-order valence-electron chi connectivity index (χ3n) is 1.99. The highest BCUT2D eigenvalue weighted by molar-refractivity contribution is 6.44. The molecule has 0 spiro atoms. The second-order valence-electron chi connectivity index (χ2n) is 3.03. The number of rotatable bonds is 3. The summed E-state index contributed by atoms with van der Waals surface area (Å²) in [6.07, 6.45) is 0. The second kappa shape index (κ2) is 5.56. The third kappa shape index (κ3) is 3.10. The van der Waals surface area contributed by atoms with E-state index in [1.807, 2.05) is 30.3 Å². The van der Waals surface area contributed by atoms with Crippen LogP contribution in [0.1, 0.15) is 19.4 Å². The Labute approximate surface area is 94.5 Å². The van der Waals surface area contributed by atoms with Crippen LogP contribution in [-0.2, 0) is 9.53 Å². The van der Waals surface area contributed by atoms with Crippen molar-refractivity contribution in [3.8, 4) is 0 Å². The fraction of sp³-hybridized carbons (Fsp3) is 0.250. The molecule has 0 fully saturated rings. The lowest BCUT2D eigenvalue weighted by molar-refractivity contribution is -0.137. The van der Waals surface area contributed by atoms with E-state index in [1.54, 1.807) is 13.8 Å². The molecule has 2 nitrogen and oxygen atoms in total. The monoisotopic (exact) mass is 224 g/mol. The largest absolute Gasteiger partial charge is 0.462 e. The zero-order chi connectivity index (χ0) is 11.3. The molecule has 0 saturated heterocycles. The Morgan fingerprint density at radius 1 is 1.33 bits per heavy atom. The number of hydrogen-bond donors (Lipinski definition) is 0. The highest BCUT2D eigenvalue weighted by Crippen LogP contribution is 2.21. The van der Waals surface area contributed by atoms with Gasteiger partial charge in [0.25, 0.3) is 0 Å². The van der Waals surface area contributed by atoms with Gasteiger partial charge in [0.2, 0.25) is 0 Å². The molecule has 0 radical (unpaired) electrons. The van der Waals surface area contributed by atoms with Crippen molar-refractivity contribution < 1.29 is 9.53 Å². The number of carbonyl (C=O) groups is 1. The van der Waals surface area contributed by atoms with Crippen molar-refractivity contribution in [3.63, 3.8) is 0 Å². The molecule has 0 aromatic heterocycles. The molecule has 0 N–H and O–H groups in total. The molecule has 0 heterocycles. The van der Waals surface area contributed by atoms with Crippen LogP contribution in [0.25, 0.3) is 5.57 Å². The van der Waals surface area contributed by atoms with Gasteiger partial charge >= 0.3 is 5.97 Å². The summed E-state index contributed by atoms with van der Waals surface area (Å²) in [6.45, 7) is 3.88. The molecular formula is C12H13ClO2. The van der Waals surface area contributed by atoms with E-state index in [0.29, 0.717) is 6.61 Å². The molecule has 1 aromatic carbocycles. The predicted octanol–water partition coefficient (Wildman–Crippen LogP) is 3.22. The van der Waals surface area contributed by atoms with E-state index in [1.165, 1.54) is 0 Å². The molecule has 15 heavy (non-hydrogen) atoms. The fourth-order valence-corrected chi connectivity index (χ4v) is 1.33. The standard InChI is InChI=1S/C12H13ClO2/c1-3-15-12(14)11(13)9(2)10-7-5-4-6-8-10/h4-8H,3H2,1-2H3/b11-9-. The lowest BCUT2D eigenvalue weighted by Gasteiger charge is -2.05. The van der Waals surface area contributed by atoms with Gasteiger partial charge in [0, 0.05) is 0 Å². The van der Waals surface area contributed by atoms with Crippen molar-refractivity contribution in [3.05, 3.63) is 40.9 Å². The highest BCUT2D eigenvalue weighted by atomic mass is 35.5. The normalized spacial score (nSPS) is 11.9. The van der Waals surface area contributed by atoms with Gasteiger partial charge in [0.1, 0.15) is 5.03 Å². The summed E-state index contributed by atoms with van der Waals surface area (Å²) in [5.41, 5.74) is 1.66. The Hall–Kier alpha value is -1.28. The maximum atomic E-state index is 11.3. The molecular weight excluding hydrogens is 212 g/mol. The van der Waals surface area contributed by atoms with Crippen LogP contribution in [0.15, 0.2) is 35.4 Å². The fourth-order valence-electron chi connectivity index (χ4n) is 1.16. The average Bonchev–Trinajstić information content (AvgIpc) is 2.28. The van der Waals surface area contributed by atoms with E-state index in [-0.39, 0.29) is 5.03 Å². The van der Waals surface area contributed by atoms with Crippen molar-refractivity contribution in [1.29, 1.82) is 0 Å². The summed E-state index contributed by atoms with van der Waals surface area (Å²) in [4.78, 5) is 11.3. The van der Waals surface area contributed by atoms with Gasteiger partial charge in [-0.05, 0) is 25.0 Å². The van der Waals surface area contributed by atoms with Crippen LogP contribution >= 0.6 is 11.6 Å². The van der Waals surface area contributed by atoms with Crippen molar-refractivity contribution in [2.24, 2.45) is 0 Å². The van der Waals surface area contributed by atoms with Gasteiger partial charge < -0.3 is 4.74 Å². The number of benzene rings is 1. The summed E-state index contributed by atoms with van der Waals surface area (Å²) in [7, 11) is 0. The first-order valence-corrected chi connectivity index (χ1v) is 5.13.